The van der Waals surface area contributed by atoms with Gasteiger partial charge in [0.05, 0.1) is 0 Å². The van der Waals surface area contributed by atoms with Gasteiger partial charge in [-0.3, -0.25) is 15.1 Å². The number of hydrogen-bond donors (Lipinski definition) is 1. The lowest BCUT2D eigenvalue weighted by atomic mass is 10.3. The van der Waals surface area contributed by atoms with Gasteiger partial charge in [-0.15, -0.1) is 0 Å². The first kappa shape index (κ1) is 7.97. The quantitative estimate of drug-likeness (QED) is 0.454. The van der Waals surface area contributed by atoms with Crippen molar-refractivity contribution in [3.63, 3.8) is 0 Å². The van der Waals surface area contributed by atoms with Gasteiger partial charge >= 0.3 is 0 Å². The Morgan fingerprint density at radius 2 is 2.45 bits per heavy atom. The van der Waals surface area contributed by atoms with Crippen LogP contribution in [-0.2, 0) is 0 Å². The minimum absolute atomic E-state index is 0.167. The molecule has 0 aromatic carbocycles. The molecule has 1 aliphatic heterocycles. The Bertz CT molecular complexity index is 179. The van der Waals surface area contributed by atoms with Crippen molar-refractivity contribution in [2.45, 2.75) is 12.8 Å². The molecule has 0 fully saturated rings. The second-order valence-electron chi connectivity index (χ2n) is 2.45. The largest absolute Gasteiger partial charge is 0.368 e. The molecule has 1 aliphatic rings. The molecular weight excluding hydrogens is 146 g/mol. The monoisotopic (exact) mass is 157 g/mol. The van der Waals surface area contributed by atoms with E-state index in [-0.39, 0.29) is 11.5 Å². The van der Waals surface area contributed by atoms with Crippen LogP contribution < -0.4 is 5.32 Å². The van der Waals surface area contributed by atoms with Crippen LogP contribution in [0.25, 0.3) is 0 Å². The predicted octanol–water partition coefficient (Wildman–Crippen LogP) is 0.0450. The molecule has 0 aliphatic carbocycles. The van der Waals surface area contributed by atoms with E-state index in [4.69, 9.17) is 0 Å². The highest BCUT2D eigenvalue weighted by molar-refractivity contribution is 5.83. The smallest absolute Gasteiger partial charge is 0.259 e. The summed E-state index contributed by atoms with van der Waals surface area (Å²) < 4.78 is 0. The second kappa shape index (κ2) is 3.90. The fourth-order valence-electron chi connectivity index (χ4n) is 0.968. The Hall–Kier alpha value is -1.13. The molecule has 0 aromatic rings. The molecule has 1 rings (SSSR count). The summed E-state index contributed by atoms with van der Waals surface area (Å²) in [6.45, 7) is 1.36. The normalized spacial score (nSPS) is 18.0. The first-order valence-electron chi connectivity index (χ1n) is 3.68. The van der Waals surface area contributed by atoms with E-state index in [0.29, 0.717) is 5.84 Å². The van der Waals surface area contributed by atoms with Crippen molar-refractivity contribution in [1.82, 2.24) is 5.32 Å². The van der Waals surface area contributed by atoms with Crippen molar-refractivity contribution in [3.05, 3.63) is 10.1 Å². The second-order valence-corrected chi connectivity index (χ2v) is 2.45. The van der Waals surface area contributed by atoms with Crippen LogP contribution in [0.5, 0.6) is 0 Å². The van der Waals surface area contributed by atoms with E-state index in [1.807, 2.05) is 0 Å². The van der Waals surface area contributed by atoms with Gasteiger partial charge in [-0.25, -0.2) is 0 Å². The van der Waals surface area contributed by atoms with Crippen molar-refractivity contribution in [2.24, 2.45) is 4.99 Å². The molecule has 0 radical (unpaired) electrons. The number of amidine groups is 1. The van der Waals surface area contributed by atoms with Crippen molar-refractivity contribution >= 4 is 5.84 Å². The van der Waals surface area contributed by atoms with Gasteiger partial charge in [0.25, 0.3) is 6.54 Å². The molecule has 0 aromatic heterocycles. The van der Waals surface area contributed by atoms with Gasteiger partial charge in [-0.1, -0.05) is 0 Å². The number of nitro groups is 1. The molecule has 0 spiro atoms. The lowest BCUT2D eigenvalue weighted by Crippen LogP contribution is -2.29. The van der Waals surface area contributed by atoms with Gasteiger partial charge in [0.15, 0.2) is 5.84 Å². The van der Waals surface area contributed by atoms with Crippen LogP contribution in [0.1, 0.15) is 12.8 Å². The molecule has 0 atom stereocenters. The third kappa shape index (κ3) is 2.97. The number of hydrogen-bond acceptors (Lipinski definition) is 4. The van der Waals surface area contributed by atoms with Gasteiger partial charge in [0.1, 0.15) is 0 Å². The van der Waals surface area contributed by atoms with Gasteiger partial charge in [0, 0.05) is 18.0 Å². The van der Waals surface area contributed by atoms with Gasteiger partial charge < -0.3 is 5.32 Å². The molecule has 1 heterocycles. The number of nitrogens with one attached hydrogen (secondary N) is 1. The van der Waals surface area contributed by atoms with E-state index in [9.17, 15) is 10.1 Å². The van der Waals surface area contributed by atoms with Crippen LogP contribution in [0.2, 0.25) is 0 Å². The first-order chi connectivity index (χ1) is 5.29. The summed E-state index contributed by atoms with van der Waals surface area (Å²) in [5, 5.41) is 13.0. The van der Waals surface area contributed by atoms with Crippen LogP contribution in [0.3, 0.4) is 0 Å². The van der Waals surface area contributed by atoms with Crippen LogP contribution in [0, 0.1) is 10.1 Å². The van der Waals surface area contributed by atoms with Crippen LogP contribution in [0.4, 0.5) is 0 Å². The molecule has 0 unspecified atom stereocenters. The Morgan fingerprint density at radius 3 is 3.18 bits per heavy atom. The zero-order chi connectivity index (χ0) is 8.10. The van der Waals surface area contributed by atoms with E-state index in [1.165, 1.54) is 0 Å². The fraction of sp³-hybridized carbons (Fsp3) is 0.833. The number of nitrogens with zero attached hydrogens (tertiary/aromatic N) is 2. The molecule has 5 nitrogen and oxygen atoms in total. The molecule has 62 valence electrons. The number of rotatable bonds is 2. The van der Waals surface area contributed by atoms with Crippen LogP contribution >= 0.6 is 0 Å². The van der Waals surface area contributed by atoms with Crippen molar-refractivity contribution < 1.29 is 4.92 Å². The summed E-state index contributed by atoms with van der Waals surface area (Å²) in [5.41, 5.74) is 0. The van der Waals surface area contributed by atoms with E-state index in [2.05, 4.69) is 10.3 Å². The van der Waals surface area contributed by atoms with Crippen LogP contribution in [0.15, 0.2) is 4.99 Å². The summed E-state index contributed by atoms with van der Waals surface area (Å²) in [4.78, 5) is 13.7. The molecule has 0 saturated carbocycles. The zero-order valence-electron chi connectivity index (χ0n) is 6.25. The molecule has 1 N–H and O–H groups in total. The molecule has 5 heteroatoms. The highest BCUT2D eigenvalue weighted by atomic mass is 16.6. The lowest BCUT2D eigenvalue weighted by molar-refractivity contribution is -0.463. The Morgan fingerprint density at radius 1 is 1.64 bits per heavy atom. The Kier molecular flexibility index (Phi) is 2.83. The molecule has 0 bridgehead atoms. The molecule has 0 saturated heterocycles. The maximum absolute atomic E-state index is 10.1. The van der Waals surface area contributed by atoms with Crippen LogP contribution in [-0.4, -0.2) is 30.4 Å². The summed E-state index contributed by atoms with van der Waals surface area (Å²) >= 11 is 0. The molecule has 0 amide bonds. The van der Waals surface area contributed by atoms with E-state index >= 15 is 0 Å². The molecule has 11 heavy (non-hydrogen) atoms. The minimum Gasteiger partial charge on any atom is -0.368 e. The van der Waals surface area contributed by atoms with Crippen molar-refractivity contribution in [2.75, 3.05) is 19.6 Å². The maximum atomic E-state index is 10.1. The summed E-state index contributed by atoms with van der Waals surface area (Å²) in [7, 11) is 0. The highest BCUT2D eigenvalue weighted by Crippen LogP contribution is 1.93. The minimum atomic E-state index is -0.364. The Balaban J connectivity index is 2.40. The first-order valence-corrected chi connectivity index (χ1v) is 3.68. The van der Waals surface area contributed by atoms with Gasteiger partial charge in [-0.05, 0) is 12.8 Å². The Labute approximate surface area is 64.7 Å². The highest BCUT2D eigenvalue weighted by Gasteiger charge is 2.07. The average Bonchev–Trinajstić information content (AvgIpc) is 2.14. The van der Waals surface area contributed by atoms with Gasteiger partial charge in [-0.2, -0.15) is 0 Å². The van der Waals surface area contributed by atoms with E-state index < -0.39 is 0 Å². The third-order valence-corrected chi connectivity index (χ3v) is 1.50. The summed E-state index contributed by atoms with van der Waals surface area (Å²) in [6, 6.07) is 0. The van der Waals surface area contributed by atoms with E-state index in [1.54, 1.807) is 0 Å². The standard InChI is InChI=1S/C6H11N3O2/c10-9(11)5-6-7-3-1-2-4-8-6/h1-5H2,(H,7,8). The topological polar surface area (TPSA) is 67.5 Å². The van der Waals surface area contributed by atoms with Crippen molar-refractivity contribution in [3.8, 4) is 0 Å². The number of aliphatic imine (C=N–C) groups is 1. The predicted molar refractivity (Wildman–Crippen MR) is 41.4 cm³/mol. The SMILES string of the molecule is O=[N+]([O-])CC1=NCCCCN1. The van der Waals surface area contributed by atoms with E-state index in [0.717, 1.165) is 25.9 Å². The lowest BCUT2D eigenvalue weighted by Gasteiger charge is -2.00. The average molecular weight is 157 g/mol. The fourth-order valence-corrected chi connectivity index (χ4v) is 0.968. The zero-order valence-corrected chi connectivity index (χ0v) is 6.25. The van der Waals surface area contributed by atoms with Gasteiger partial charge in [0.2, 0.25) is 0 Å². The summed E-state index contributed by atoms with van der Waals surface area (Å²) in [5.74, 6) is 0.521. The van der Waals surface area contributed by atoms with Crippen molar-refractivity contribution in [1.29, 1.82) is 0 Å². The molecular formula is C6H11N3O2. The third-order valence-electron chi connectivity index (χ3n) is 1.50. The maximum Gasteiger partial charge on any atom is 0.259 e. The summed E-state index contributed by atoms with van der Waals surface area (Å²) in [6.07, 6.45) is 2.07.